The molecule has 0 bridgehead atoms. The molecule has 0 fully saturated rings. The van der Waals surface area contributed by atoms with Crippen molar-refractivity contribution >= 4 is 35.8 Å². The molecule has 78 valence electrons. The summed E-state index contributed by atoms with van der Waals surface area (Å²) in [5.74, 6) is 0. The first-order valence-corrected chi connectivity index (χ1v) is 3.84. The standard InChI is InChI=1S/C8H10N4.2ClH/c1-9-5-6-2-3-7-8(4-6)11-12-10-7;;/h2-4,9H,5H2,1H3,(H,10,11,12);2*1H. The highest BCUT2D eigenvalue weighted by Gasteiger charge is 1.97. The molecule has 2 rings (SSSR count). The Morgan fingerprint density at radius 3 is 2.64 bits per heavy atom. The van der Waals surface area contributed by atoms with Gasteiger partial charge in [-0.15, -0.1) is 24.8 Å². The molecule has 0 saturated carbocycles. The van der Waals surface area contributed by atoms with Gasteiger partial charge >= 0.3 is 0 Å². The molecular weight excluding hydrogens is 223 g/mol. The second-order valence-electron chi connectivity index (χ2n) is 2.68. The Balaban J connectivity index is 0.000000845. The summed E-state index contributed by atoms with van der Waals surface area (Å²) >= 11 is 0. The molecule has 0 radical (unpaired) electrons. The molecule has 0 unspecified atom stereocenters. The van der Waals surface area contributed by atoms with Crippen LogP contribution in [-0.4, -0.2) is 22.5 Å². The van der Waals surface area contributed by atoms with E-state index in [0.29, 0.717) is 0 Å². The SMILES string of the molecule is CNCc1ccc2n[nH]nc2c1.Cl.Cl. The van der Waals surface area contributed by atoms with Crippen LogP contribution in [0.25, 0.3) is 11.0 Å². The lowest BCUT2D eigenvalue weighted by Gasteiger charge is -1.97. The first-order valence-electron chi connectivity index (χ1n) is 3.84. The van der Waals surface area contributed by atoms with Crippen molar-refractivity contribution in [3.05, 3.63) is 23.8 Å². The Morgan fingerprint density at radius 2 is 1.93 bits per heavy atom. The van der Waals surface area contributed by atoms with Crippen molar-refractivity contribution in [3.8, 4) is 0 Å². The van der Waals surface area contributed by atoms with E-state index in [-0.39, 0.29) is 24.8 Å². The summed E-state index contributed by atoms with van der Waals surface area (Å²) < 4.78 is 0. The number of aromatic amines is 1. The van der Waals surface area contributed by atoms with Crippen LogP contribution >= 0.6 is 24.8 Å². The van der Waals surface area contributed by atoms with E-state index in [4.69, 9.17) is 0 Å². The molecule has 0 saturated heterocycles. The van der Waals surface area contributed by atoms with E-state index in [1.165, 1.54) is 5.56 Å². The minimum Gasteiger partial charge on any atom is -0.316 e. The van der Waals surface area contributed by atoms with Gasteiger partial charge in [-0.1, -0.05) is 6.07 Å². The number of nitrogens with one attached hydrogen (secondary N) is 2. The topological polar surface area (TPSA) is 53.6 Å². The minimum atomic E-state index is 0. The van der Waals surface area contributed by atoms with Crippen LogP contribution in [0, 0.1) is 0 Å². The maximum Gasteiger partial charge on any atom is 0.113 e. The van der Waals surface area contributed by atoms with Crippen LogP contribution in [0.4, 0.5) is 0 Å². The molecule has 0 aliphatic heterocycles. The Morgan fingerprint density at radius 1 is 1.21 bits per heavy atom. The van der Waals surface area contributed by atoms with Gasteiger partial charge in [0.25, 0.3) is 0 Å². The van der Waals surface area contributed by atoms with E-state index < -0.39 is 0 Å². The molecule has 2 aromatic rings. The summed E-state index contributed by atoms with van der Waals surface area (Å²) in [7, 11) is 1.92. The number of benzene rings is 1. The van der Waals surface area contributed by atoms with Gasteiger partial charge in [-0.3, -0.25) is 0 Å². The molecule has 6 heteroatoms. The number of aromatic nitrogens is 3. The molecule has 1 aromatic heterocycles. The number of rotatable bonds is 2. The highest BCUT2D eigenvalue weighted by atomic mass is 35.5. The largest absolute Gasteiger partial charge is 0.316 e. The van der Waals surface area contributed by atoms with E-state index >= 15 is 0 Å². The molecule has 2 N–H and O–H groups in total. The molecule has 0 aliphatic carbocycles. The molecule has 0 atom stereocenters. The Kier molecular flexibility index (Phi) is 5.45. The van der Waals surface area contributed by atoms with Gasteiger partial charge in [0, 0.05) is 6.54 Å². The summed E-state index contributed by atoms with van der Waals surface area (Å²) in [5.41, 5.74) is 3.05. The smallest absolute Gasteiger partial charge is 0.113 e. The molecule has 0 aliphatic rings. The quantitative estimate of drug-likeness (QED) is 0.829. The van der Waals surface area contributed by atoms with Crippen molar-refractivity contribution in [2.75, 3.05) is 7.05 Å². The van der Waals surface area contributed by atoms with Crippen molar-refractivity contribution in [3.63, 3.8) is 0 Å². The van der Waals surface area contributed by atoms with Crippen molar-refractivity contribution in [1.82, 2.24) is 20.7 Å². The molecule has 14 heavy (non-hydrogen) atoms. The lowest BCUT2D eigenvalue weighted by atomic mass is 10.2. The van der Waals surface area contributed by atoms with Gasteiger partial charge in [-0.05, 0) is 24.7 Å². The monoisotopic (exact) mass is 234 g/mol. The van der Waals surface area contributed by atoms with Crippen molar-refractivity contribution in [2.24, 2.45) is 0 Å². The fourth-order valence-electron chi connectivity index (χ4n) is 1.20. The van der Waals surface area contributed by atoms with Gasteiger partial charge in [0.2, 0.25) is 0 Å². The number of hydrogen-bond donors (Lipinski definition) is 2. The van der Waals surface area contributed by atoms with Gasteiger partial charge in [-0.2, -0.15) is 15.4 Å². The lowest BCUT2D eigenvalue weighted by molar-refractivity contribution is 0.819. The first kappa shape index (κ1) is 13.2. The summed E-state index contributed by atoms with van der Waals surface area (Å²) in [6.07, 6.45) is 0. The molecule has 0 amide bonds. The first-order chi connectivity index (χ1) is 5.90. The third-order valence-corrected chi connectivity index (χ3v) is 1.76. The molecule has 1 heterocycles. The van der Waals surface area contributed by atoms with E-state index in [1.54, 1.807) is 0 Å². The van der Waals surface area contributed by atoms with E-state index in [9.17, 15) is 0 Å². The second kappa shape index (κ2) is 5.80. The zero-order valence-electron chi connectivity index (χ0n) is 7.65. The van der Waals surface area contributed by atoms with Gasteiger partial charge in [0.1, 0.15) is 11.0 Å². The predicted octanol–water partition coefficient (Wildman–Crippen LogP) is 1.52. The second-order valence-corrected chi connectivity index (χ2v) is 2.68. The van der Waals surface area contributed by atoms with Crippen molar-refractivity contribution in [2.45, 2.75) is 6.54 Å². The van der Waals surface area contributed by atoms with Crippen LogP contribution in [0.2, 0.25) is 0 Å². The lowest BCUT2D eigenvalue weighted by Crippen LogP contribution is -2.04. The summed E-state index contributed by atoms with van der Waals surface area (Å²) in [5, 5.41) is 13.6. The van der Waals surface area contributed by atoms with E-state index in [1.807, 2.05) is 25.2 Å². The van der Waals surface area contributed by atoms with Crippen molar-refractivity contribution in [1.29, 1.82) is 0 Å². The fraction of sp³-hybridized carbons (Fsp3) is 0.250. The molecule has 0 spiro atoms. The summed E-state index contributed by atoms with van der Waals surface area (Å²) in [4.78, 5) is 0. The zero-order chi connectivity index (χ0) is 8.39. The highest BCUT2D eigenvalue weighted by Crippen LogP contribution is 2.09. The van der Waals surface area contributed by atoms with Gasteiger partial charge in [-0.25, -0.2) is 0 Å². The number of nitrogens with zero attached hydrogens (tertiary/aromatic N) is 2. The van der Waals surface area contributed by atoms with Gasteiger partial charge < -0.3 is 5.32 Å². The summed E-state index contributed by atoms with van der Waals surface area (Å²) in [6.45, 7) is 0.864. The van der Waals surface area contributed by atoms with Crippen LogP contribution in [0.5, 0.6) is 0 Å². The number of H-pyrrole nitrogens is 1. The van der Waals surface area contributed by atoms with Crippen LogP contribution in [-0.2, 0) is 6.54 Å². The van der Waals surface area contributed by atoms with Crippen molar-refractivity contribution < 1.29 is 0 Å². The maximum atomic E-state index is 4.00. The Labute approximate surface area is 94.3 Å². The summed E-state index contributed by atoms with van der Waals surface area (Å²) in [6, 6.07) is 6.03. The van der Waals surface area contributed by atoms with Crippen LogP contribution in [0.15, 0.2) is 18.2 Å². The van der Waals surface area contributed by atoms with Gasteiger partial charge in [0.05, 0.1) is 0 Å². The number of hydrogen-bond acceptors (Lipinski definition) is 3. The normalized spacial score (nSPS) is 9.21. The third kappa shape index (κ3) is 2.57. The fourth-order valence-corrected chi connectivity index (χ4v) is 1.20. The van der Waals surface area contributed by atoms with E-state index in [0.717, 1.165) is 17.6 Å². The van der Waals surface area contributed by atoms with Crippen LogP contribution < -0.4 is 5.32 Å². The maximum absolute atomic E-state index is 4.00. The average molecular weight is 235 g/mol. The zero-order valence-corrected chi connectivity index (χ0v) is 9.28. The van der Waals surface area contributed by atoms with Crippen LogP contribution in [0.1, 0.15) is 5.56 Å². The van der Waals surface area contributed by atoms with Crippen LogP contribution in [0.3, 0.4) is 0 Å². The van der Waals surface area contributed by atoms with E-state index in [2.05, 4.69) is 20.7 Å². The Hall–Kier alpha value is -0.840. The predicted molar refractivity (Wildman–Crippen MR) is 61.1 cm³/mol. The van der Waals surface area contributed by atoms with Gasteiger partial charge in [0.15, 0.2) is 0 Å². The Bertz CT molecular complexity index is 387. The average Bonchev–Trinajstić information content (AvgIpc) is 2.51. The number of halogens is 2. The minimum absolute atomic E-state index is 0. The highest BCUT2D eigenvalue weighted by molar-refractivity contribution is 5.85. The molecule has 1 aromatic carbocycles. The third-order valence-electron chi connectivity index (χ3n) is 1.76. The molecular formula is C8H12Cl2N4. The number of fused-ring (bicyclic) bond motifs is 1. The molecule has 4 nitrogen and oxygen atoms in total.